The van der Waals surface area contributed by atoms with E-state index in [0.29, 0.717) is 30.5 Å². The van der Waals surface area contributed by atoms with Crippen LogP contribution in [-0.4, -0.2) is 35.6 Å². The monoisotopic (exact) mass is 385 g/mol. The molecule has 2 rings (SSSR count). The summed E-state index contributed by atoms with van der Waals surface area (Å²) in [6, 6.07) is 4.22. The van der Waals surface area contributed by atoms with E-state index in [1.807, 2.05) is 37.6 Å². The van der Waals surface area contributed by atoms with Crippen molar-refractivity contribution in [3.63, 3.8) is 0 Å². The summed E-state index contributed by atoms with van der Waals surface area (Å²) >= 11 is 0. The summed E-state index contributed by atoms with van der Waals surface area (Å²) in [5.74, 6) is 1.63. The van der Waals surface area contributed by atoms with Crippen LogP contribution in [0.3, 0.4) is 0 Å². The fourth-order valence-corrected chi connectivity index (χ4v) is 3.11. The molecule has 0 radical (unpaired) electrons. The Morgan fingerprint density at radius 3 is 2.57 bits per heavy atom. The Morgan fingerprint density at radius 2 is 1.93 bits per heavy atom. The highest BCUT2D eigenvalue weighted by Gasteiger charge is 2.14. The number of oxime groups is 1. The van der Waals surface area contributed by atoms with Crippen LogP contribution in [-0.2, 0) is 18.3 Å². The molecule has 0 atom stereocenters. The number of hydrogen-bond donors (Lipinski definition) is 0. The van der Waals surface area contributed by atoms with Crippen LogP contribution in [0.15, 0.2) is 35.8 Å². The largest absolute Gasteiger partial charge is 0.490 e. The first kappa shape index (κ1) is 21.5. The van der Waals surface area contributed by atoms with Gasteiger partial charge in [-0.05, 0) is 69.4 Å². The quantitative estimate of drug-likeness (QED) is 0.264. The predicted octanol–water partition coefficient (Wildman–Crippen LogP) is 4.37. The van der Waals surface area contributed by atoms with Crippen LogP contribution >= 0.6 is 0 Å². The molecule has 0 aliphatic rings. The average molecular weight is 386 g/mol. The summed E-state index contributed by atoms with van der Waals surface area (Å²) < 4.78 is 13.6. The maximum Gasteiger partial charge on any atom is 0.223 e. The fraction of sp³-hybridized carbons (Fsp3) is 0.455. The second-order valence-electron chi connectivity index (χ2n) is 6.74. The molecule has 1 aromatic carbocycles. The molecule has 1 heterocycles. The summed E-state index contributed by atoms with van der Waals surface area (Å²) in [6.07, 6.45) is 7.57. The zero-order valence-electron chi connectivity index (χ0n) is 17.8. The van der Waals surface area contributed by atoms with Crippen molar-refractivity contribution in [2.45, 2.75) is 40.5 Å². The molecular weight excluding hydrogens is 354 g/mol. The Labute approximate surface area is 167 Å². The summed E-state index contributed by atoms with van der Waals surface area (Å²) in [7, 11) is 3.43. The van der Waals surface area contributed by atoms with E-state index in [4.69, 9.17) is 14.3 Å². The number of hydrogen-bond acceptors (Lipinski definition) is 5. The van der Waals surface area contributed by atoms with Gasteiger partial charge in [0, 0.05) is 7.05 Å². The first-order valence-electron chi connectivity index (χ1n) is 9.54. The second kappa shape index (κ2) is 10.5. The fourth-order valence-electron chi connectivity index (χ4n) is 3.11. The van der Waals surface area contributed by atoms with Gasteiger partial charge in [0.1, 0.15) is 30.9 Å². The highest BCUT2D eigenvalue weighted by Crippen LogP contribution is 2.24. The topological polar surface area (TPSA) is 57.9 Å². The molecule has 28 heavy (non-hydrogen) atoms. The minimum absolute atomic E-state index is 0.599. The molecule has 0 bridgehead atoms. The van der Waals surface area contributed by atoms with Crippen molar-refractivity contribution in [3.8, 4) is 11.6 Å². The van der Waals surface area contributed by atoms with Crippen molar-refractivity contribution in [2.75, 3.05) is 20.3 Å². The lowest BCUT2D eigenvalue weighted by Crippen LogP contribution is -2.08. The third kappa shape index (κ3) is 5.62. The van der Waals surface area contributed by atoms with Crippen LogP contribution in [0.4, 0.5) is 0 Å². The van der Waals surface area contributed by atoms with Gasteiger partial charge in [0.05, 0.1) is 12.9 Å². The van der Waals surface area contributed by atoms with E-state index in [0.717, 1.165) is 18.6 Å². The average Bonchev–Trinajstić information content (AvgIpc) is 3.01. The van der Waals surface area contributed by atoms with Gasteiger partial charge in [-0.25, -0.2) is 4.98 Å². The van der Waals surface area contributed by atoms with Crippen LogP contribution in [0.2, 0.25) is 0 Å². The van der Waals surface area contributed by atoms with Crippen molar-refractivity contribution in [1.29, 1.82) is 0 Å². The van der Waals surface area contributed by atoms with Gasteiger partial charge in [-0.15, -0.1) is 0 Å². The molecule has 152 valence electrons. The molecule has 1 aromatic heterocycles. The molecule has 6 heteroatoms. The number of aromatic nitrogens is 2. The SMILES string of the molecule is C/C=C/COc1cc(C)c(CCCOc2c(/C(C)=N/OC)ncn2C)c(C)c1. The third-order valence-electron chi connectivity index (χ3n) is 4.52. The summed E-state index contributed by atoms with van der Waals surface area (Å²) in [5.41, 5.74) is 5.25. The van der Waals surface area contributed by atoms with E-state index in [1.54, 1.807) is 6.33 Å². The molecule has 0 saturated heterocycles. The van der Waals surface area contributed by atoms with Crippen LogP contribution in [0.5, 0.6) is 11.6 Å². The number of benzene rings is 1. The van der Waals surface area contributed by atoms with Gasteiger partial charge in [-0.3, -0.25) is 0 Å². The lowest BCUT2D eigenvalue weighted by molar-refractivity contribution is 0.213. The Bertz CT molecular complexity index is 815. The zero-order valence-corrected chi connectivity index (χ0v) is 17.8. The summed E-state index contributed by atoms with van der Waals surface area (Å²) in [4.78, 5) is 9.19. The van der Waals surface area contributed by atoms with Gasteiger partial charge in [0.15, 0.2) is 0 Å². The Balaban J connectivity index is 1.96. The van der Waals surface area contributed by atoms with Crippen LogP contribution in [0.25, 0.3) is 0 Å². The lowest BCUT2D eigenvalue weighted by atomic mass is 9.98. The van der Waals surface area contributed by atoms with Crippen molar-refractivity contribution in [1.82, 2.24) is 9.55 Å². The molecule has 0 aliphatic heterocycles. The second-order valence-corrected chi connectivity index (χ2v) is 6.74. The van der Waals surface area contributed by atoms with E-state index < -0.39 is 0 Å². The molecule has 0 unspecified atom stereocenters. The Hall–Kier alpha value is -2.76. The van der Waals surface area contributed by atoms with Crippen molar-refractivity contribution in [3.05, 3.63) is 53.0 Å². The van der Waals surface area contributed by atoms with Gasteiger partial charge in [0.2, 0.25) is 5.88 Å². The van der Waals surface area contributed by atoms with E-state index in [2.05, 4.69) is 36.1 Å². The molecule has 0 saturated carbocycles. The minimum Gasteiger partial charge on any atom is -0.490 e. The van der Waals surface area contributed by atoms with Gasteiger partial charge in [-0.2, -0.15) is 0 Å². The molecular formula is C22H31N3O3. The number of ether oxygens (including phenoxy) is 2. The minimum atomic E-state index is 0.599. The maximum atomic E-state index is 6.00. The number of rotatable bonds is 10. The molecule has 0 fully saturated rings. The molecule has 6 nitrogen and oxygen atoms in total. The predicted molar refractivity (Wildman–Crippen MR) is 112 cm³/mol. The first-order valence-corrected chi connectivity index (χ1v) is 9.54. The van der Waals surface area contributed by atoms with Crippen LogP contribution in [0.1, 0.15) is 42.7 Å². The van der Waals surface area contributed by atoms with Crippen LogP contribution in [0, 0.1) is 13.8 Å². The van der Waals surface area contributed by atoms with Crippen molar-refractivity contribution in [2.24, 2.45) is 12.2 Å². The van der Waals surface area contributed by atoms with Gasteiger partial charge >= 0.3 is 0 Å². The third-order valence-corrected chi connectivity index (χ3v) is 4.52. The van der Waals surface area contributed by atoms with E-state index >= 15 is 0 Å². The highest BCUT2D eigenvalue weighted by atomic mass is 16.6. The lowest BCUT2D eigenvalue weighted by Gasteiger charge is -2.14. The standard InChI is InChI=1S/C22H31N3O3/c1-7-8-11-27-19-13-16(2)20(17(3)14-19)10-9-12-28-22-21(18(4)24-26-6)23-15-25(22)5/h7-8,13-15H,9-12H2,1-6H3/b8-7+,24-18+. The summed E-state index contributed by atoms with van der Waals surface area (Å²) in [6.45, 7) is 9.31. The molecule has 2 aromatic rings. The van der Waals surface area contributed by atoms with Crippen molar-refractivity contribution < 1.29 is 14.3 Å². The molecule has 0 N–H and O–H groups in total. The van der Waals surface area contributed by atoms with E-state index in [-0.39, 0.29) is 0 Å². The number of allylic oxidation sites excluding steroid dienone is 1. The molecule has 0 spiro atoms. The van der Waals surface area contributed by atoms with Gasteiger partial charge < -0.3 is 18.9 Å². The highest BCUT2D eigenvalue weighted by molar-refractivity contribution is 5.98. The normalized spacial score (nSPS) is 11.9. The molecule has 0 amide bonds. The zero-order chi connectivity index (χ0) is 20.5. The Morgan fingerprint density at radius 1 is 1.21 bits per heavy atom. The smallest absolute Gasteiger partial charge is 0.223 e. The van der Waals surface area contributed by atoms with E-state index in [9.17, 15) is 0 Å². The van der Waals surface area contributed by atoms with Crippen LogP contribution < -0.4 is 9.47 Å². The van der Waals surface area contributed by atoms with Crippen molar-refractivity contribution >= 4 is 5.71 Å². The summed E-state index contributed by atoms with van der Waals surface area (Å²) in [5, 5.41) is 3.95. The number of nitrogens with zero attached hydrogens (tertiary/aromatic N) is 3. The Kier molecular flexibility index (Phi) is 8.11. The first-order chi connectivity index (χ1) is 13.5. The van der Waals surface area contributed by atoms with Gasteiger partial charge in [-0.1, -0.05) is 17.3 Å². The number of imidazole rings is 1. The maximum absolute atomic E-state index is 6.00. The number of aryl methyl sites for hydroxylation is 3. The van der Waals surface area contributed by atoms with Gasteiger partial charge in [0.25, 0.3) is 0 Å². The molecule has 0 aliphatic carbocycles. The van der Waals surface area contributed by atoms with E-state index in [1.165, 1.54) is 23.8 Å².